The van der Waals surface area contributed by atoms with Gasteiger partial charge >= 0.3 is 5.97 Å². The van der Waals surface area contributed by atoms with Gasteiger partial charge in [0.25, 0.3) is 0 Å². The van der Waals surface area contributed by atoms with Crippen LogP contribution in [0.3, 0.4) is 0 Å². The van der Waals surface area contributed by atoms with Gasteiger partial charge in [-0.05, 0) is 43.2 Å². The van der Waals surface area contributed by atoms with E-state index in [1.165, 1.54) is 6.26 Å². The maximum Gasteiger partial charge on any atom is 0.312 e. The van der Waals surface area contributed by atoms with Gasteiger partial charge in [-0.3, -0.25) is 9.79 Å². The second-order valence-corrected chi connectivity index (χ2v) is 7.48. The number of benzene rings is 1. The van der Waals surface area contributed by atoms with E-state index in [-0.39, 0.29) is 6.42 Å². The minimum Gasteiger partial charge on any atom is -0.481 e. The molecule has 3 rings (SSSR count). The van der Waals surface area contributed by atoms with Crippen LogP contribution in [-0.4, -0.2) is 16.8 Å². The van der Waals surface area contributed by atoms with Crippen molar-refractivity contribution in [2.24, 2.45) is 16.3 Å². The van der Waals surface area contributed by atoms with E-state index in [2.05, 4.69) is 11.1 Å². The zero-order chi connectivity index (χ0) is 19.8. The molecule has 2 aromatic rings. The van der Waals surface area contributed by atoms with Crippen molar-refractivity contribution in [3.8, 4) is 6.07 Å². The molecule has 1 aliphatic rings. The Morgan fingerprint density at radius 3 is 2.67 bits per heavy atom. The van der Waals surface area contributed by atoms with E-state index in [0.717, 1.165) is 0 Å². The molecule has 5 nitrogen and oxygen atoms in total. The monoisotopic (exact) mass is 404 g/mol. The Morgan fingerprint density at radius 2 is 2.15 bits per heavy atom. The lowest BCUT2D eigenvalue weighted by molar-refractivity contribution is -0.154. The maximum atomic E-state index is 12.7. The van der Waals surface area contributed by atoms with Crippen molar-refractivity contribution < 1.29 is 14.3 Å². The highest BCUT2D eigenvalue weighted by Crippen LogP contribution is 2.57. The maximum absolute atomic E-state index is 12.7. The molecule has 4 unspecified atom stereocenters. The number of aliphatic carboxylic acids is 1. The van der Waals surface area contributed by atoms with Crippen molar-refractivity contribution >= 4 is 34.9 Å². The lowest BCUT2D eigenvalue weighted by Crippen LogP contribution is -2.49. The zero-order valence-corrected chi connectivity index (χ0v) is 16.3. The molecule has 0 aliphatic carbocycles. The third-order valence-electron chi connectivity index (χ3n) is 5.39. The Kier molecular flexibility index (Phi) is 5.32. The molecule has 1 aliphatic heterocycles. The number of furan rings is 1. The molecule has 0 spiro atoms. The summed E-state index contributed by atoms with van der Waals surface area (Å²) in [7, 11) is 0. The van der Waals surface area contributed by atoms with E-state index < -0.39 is 29.3 Å². The molecule has 0 radical (unpaired) electrons. The predicted octanol–water partition coefficient (Wildman–Crippen LogP) is 5.51. The number of aliphatic imine (C=N–C) groups is 1. The van der Waals surface area contributed by atoms with Crippen LogP contribution in [0.25, 0.3) is 0 Å². The molecule has 2 heterocycles. The van der Waals surface area contributed by atoms with Gasteiger partial charge in [-0.1, -0.05) is 36.2 Å². The number of rotatable bonds is 4. The van der Waals surface area contributed by atoms with Crippen molar-refractivity contribution in [3.05, 3.63) is 58.0 Å². The van der Waals surface area contributed by atoms with Crippen LogP contribution in [0.4, 0.5) is 0 Å². The van der Waals surface area contributed by atoms with Gasteiger partial charge in [0.05, 0.1) is 18.3 Å². The highest BCUT2D eigenvalue weighted by molar-refractivity contribution is 6.35. The topological polar surface area (TPSA) is 86.6 Å². The Morgan fingerprint density at radius 1 is 1.41 bits per heavy atom. The molecule has 0 saturated heterocycles. The molecular weight excluding hydrogens is 387 g/mol. The molecule has 1 aromatic carbocycles. The van der Waals surface area contributed by atoms with Crippen LogP contribution >= 0.6 is 23.2 Å². The van der Waals surface area contributed by atoms with Crippen LogP contribution < -0.4 is 0 Å². The second-order valence-electron chi connectivity index (χ2n) is 6.64. The van der Waals surface area contributed by atoms with Crippen molar-refractivity contribution in [1.29, 1.82) is 5.26 Å². The summed E-state index contributed by atoms with van der Waals surface area (Å²) in [6.45, 7) is 3.52. The van der Waals surface area contributed by atoms with E-state index in [0.29, 0.717) is 27.1 Å². The molecule has 0 bridgehead atoms. The van der Waals surface area contributed by atoms with Gasteiger partial charge < -0.3 is 9.52 Å². The molecule has 1 N–H and O–H groups in total. The quantitative estimate of drug-likeness (QED) is 0.727. The first kappa shape index (κ1) is 19.5. The normalized spacial score (nSPS) is 27.7. The summed E-state index contributed by atoms with van der Waals surface area (Å²) in [5.41, 5.74) is -0.266. The number of halogens is 2. The number of carboxylic acids is 1. The average Bonchev–Trinajstić information content (AvgIpc) is 3.15. The van der Waals surface area contributed by atoms with E-state index in [1.807, 2.05) is 0 Å². The van der Waals surface area contributed by atoms with E-state index in [1.54, 1.807) is 44.2 Å². The van der Waals surface area contributed by atoms with Gasteiger partial charge in [-0.15, -0.1) is 0 Å². The van der Waals surface area contributed by atoms with Gasteiger partial charge in [0, 0.05) is 21.7 Å². The largest absolute Gasteiger partial charge is 0.481 e. The molecule has 1 aromatic heterocycles. The van der Waals surface area contributed by atoms with Crippen LogP contribution in [0.5, 0.6) is 0 Å². The Balaban J connectivity index is 2.34. The Bertz CT molecular complexity index is 933. The molecular formula is C20H18Cl2N2O3. The van der Waals surface area contributed by atoms with Crippen molar-refractivity contribution in [2.75, 3.05) is 0 Å². The Hall–Kier alpha value is -2.29. The SMILES string of the molecule is CCC1(C(=O)O)C(c2ccco2)N=C(C)C(C#N)C1c1ccc(Cl)cc1Cl. The third-order valence-corrected chi connectivity index (χ3v) is 5.95. The summed E-state index contributed by atoms with van der Waals surface area (Å²) < 4.78 is 5.52. The first-order valence-electron chi connectivity index (χ1n) is 8.52. The summed E-state index contributed by atoms with van der Waals surface area (Å²) in [5, 5.41) is 21.0. The minimum atomic E-state index is -1.39. The van der Waals surface area contributed by atoms with Crippen molar-refractivity contribution in [2.45, 2.75) is 32.2 Å². The fraction of sp³-hybridized carbons (Fsp3) is 0.350. The van der Waals surface area contributed by atoms with Gasteiger partial charge in [0.2, 0.25) is 0 Å². The molecule has 7 heteroatoms. The van der Waals surface area contributed by atoms with E-state index in [4.69, 9.17) is 27.6 Å². The van der Waals surface area contributed by atoms with Crippen LogP contribution in [0, 0.1) is 22.7 Å². The highest BCUT2D eigenvalue weighted by Gasteiger charge is 2.59. The van der Waals surface area contributed by atoms with Crippen molar-refractivity contribution in [3.63, 3.8) is 0 Å². The first-order valence-corrected chi connectivity index (χ1v) is 9.28. The summed E-state index contributed by atoms with van der Waals surface area (Å²) in [4.78, 5) is 17.2. The van der Waals surface area contributed by atoms with Gasteiger partial charge in [0.1, 0.15) is 17.2 Å². The highest BCUT2D eigenvalue weighted by atomic mass is 35.5. The number of hydrogen-bond acceptors (Lipinski definition) is 4. The number of nitriles is 1. The fourth-order valence-electron chi connectivity index (χ4n) is 4.07. The van der Waals surface area contributed by atoms with Gasteiger partial charge in [0.15, 0.2) is 0 Å². The number of hydrogen-bond donors (Lipinski definition) is 1. The number of carboxylic acid groups (broad SMARTS) is 1. The lowest BCUT2D eigenvalue weighted by atomic mass is 9.58. The van der Waals surface area contributed by atoms with Crippen LogP contribution in [0.1, 0.15) is 43.6 Å². The van der Waals surface area contributed by atoms with E-state index >= 15 is 0 Å². The van der Waals surface area contributed by atoms with E-state index in [9.17, 15) is 15.2 Å². The molecule has 0 amide bonds. The molecule has 0 fully saturated rings. The summed E-state index contributed by atoms with van der Waals surface area (Å²) in [5.74, 6) is -2.03. The van der Waals surface area contributed by atoms with Gasteiger partial charge in [-0.25, -0.2) is 0 Å². The zero-order valence-electron chi connectivity index (χ0n) is 14.8. The molecule has 4 atom stereocenters. The fourth-order valence-corrected chi connectivity index (χ4v) is 4.59. The summed E-state index contributed by atoms with van der Waals surface area (Å²) in [6.07, 6.45) is 1.73. The number of carbonyl (C=O) groups is 1. The third kappa shape index (κ3) is 3.03. The smallest absolute Gasteiger partial charge is 0.312 e. The van der Waals surface area contributed by atoms with Crippen LogP contribution in [0.2, 0.25) is 10.0 Å². The summed E-state index contributed by atoms with van der Waals surface area (Å²) in [6, 6.07) is 9.80. The Labute approximate surface area is 167 Å². The molecule has 140 valence electrons. The minimum absolute atomic E-state index is 0.242. The average molecular weight is 405 g/mol. The lowest BCUT2D eigenvalue weighted by Gasteiger charge is -2.45. The summed E-state index contributed by atoms with van der Waals surface area (Å²) >= 11 is 12.5. The first-order chi connectivity index (χ1) is 12.9. The predicted molar refractivity (Wildman–Crippen MR) is 103 cm³/mol. The standard InChI is InChI=1S/C20H18Cl2N2O3/c1-3-20(19(25)26)17(13-7-6-12(21)9-15(13)22)14(10-23)11(2)24-18(20)16-5-4-8-27-16/h4-9,14,17-18H,3H2,1-2H3,(H,25,26). The van der Waals surface area contributed by atoms with Crippen LogP contribution in [-0.2, 0) is 4.79 Å². The van der Waals surface area contributed by atoms with Crippen molar-refractivity contribution in [1.82, 2.24) is 0 Å². The van der Waals surface area contributed by atoms with Gasteiger partial charge in [-0.2, -0.15) is 5.26 Å². The number of nitrogens with zero attached hydrogens (tertiary/aromatic N) is 2. The second kappa shape index (κ2) is 7.38. The molecule has 0 saturated carbocycles. The molecule has 27 heavy (non-hydrogen) atoms. The van der Waals surface area contributed by atoms with Crippen LogP contribution in [0.15, 0.2) is 46.0 Å².